The highest BCUT2D eigenvalue weighted by atomic mass is 16.5. The quantitative estimate of drug-likeness (QED) is 0.716. The van der Waals surface area contributed by atoms with Crippen molar-refractivity contribution >= 4 is 11.9 Å². The number of nitrogens with zero attached hydrogens (tertiary/aromatic N) is 3. The van der Waals surface area contributed by atoms with Crippen LogP contribution in [-0.2, 0) is 22.5 Å². The van der Waals surface area contributed by atoms with E-state index in [1.807, 2.05) is 0 Å². The molecule has 2 atom stereocenters. The lowest BCUT2D eigenvalue weighted by Crippen LogP contribution is -2.41. The maximum absolute atomic E-state index is 12.4. The molecule has 0 spiro atoms. The number of ether oxygens (including phenoxy) is 1. The first-order valence-corrected chi connectivity index (χ1v) is 6.48. The highest BCUT2D eigenvalue weighted by Crippen LogP contribution is 2.31. The maximum Gasteiger partial charge on any atom is 0.328 e. The van der Waals surface area contributed by atoms with Crippen LogP contribution in [0.25, 0.3) is 0 Å². The minimum atomic E-state index is -0.385. The van der Waals surface area contributed by atoms with Crippen LogP contribution in [0.3, 0.4) is 0 Å². The fourth-order valence-electron chi connectivity index (χ4n) is 3.11. The molecule has 2 saturated heterocycles. The third-order valence-electron chi connectivity index (χ3n) is 4.14. The third-order valence-corrected chi connectivity index (χ3v) is 4.14. The predicted molar refractivity (Wildman–Crippen MR) is 63.1 cm³/mol. The fraction of sp³-hybridized carbons (Fsp3) is 0.583. The van der Waals surface area contributed by atoms with Crippen LogP contribution in [0, 0.1) is 0 Å². The number of fused-ring (bicyclic) bond motifs is 2. The van der Waals surface area contributed by atoms with E-state index < -0.39 is 0 Å². The van der Waals surface area contributed by atoms with E-state index in [2.05, 4.69) is 9.97 Å². The lowest BCUT2D eigenvalue weighted by atomic mass is 10.0. The Bertz CT molecular complexity index is 510. The second kappa shape index (κ2) is 3.80. The zero-order valence-corrected chi connectivity index (χ0v) is 10.3. The number of aromatic nitrogens is 2. The number of nitrogens with one attached hydrogen (secondary N) is 1. The number of aromatic amines is 1. The molecule has 0 saturated carbocycles. The first-order chi connectivity index (χ1) is 9.25. The fourth-order valence-corrected chi connectivity index (χ4v) is 3.11. The lowest BCUT2D eigenvalue weighted by molar-refractivity contribution is -0.130. The standard InChI is InChI=1S/C12H14N4O3/c17-11-10-3-8-9(14-6-13-8)4-15(10)12(18)16(11)7-1-2-19-5-7/h6-7,10H,1-5H2,(H,13,14). The molecular weight excluding hydrogens is 248 g/mol. The molecule has 2 unspecified atom stereocenters. The maximum atomic E-state index is 12.4. The van der Waals surface area contributed by atoms with Crippen molar-refractivity contribution in [2.75, 3.05) is 13.2 Å². The van der Waals surface area contributed by atoms with Crippen molar-refractivity contribution in [3.8, 4) is 0 Å². The highest BCUT2D eigenvalue weighted by Gasteiger charge is 2.50. The Kier molecular flexibility index (Phi) is 2.20. The second-order valence-corrected chi connectivity index (χ2v) is 5.18. The van der Waals surface area contributed by atoms with Gasteiger partial charge in [-0.25, -0.2) is 9.78 Å². The van der Waals surface area contributed by atoms with Gasteiger partial charge < -0.3 is 14.6 Å². The number of imide groups is 1. The van der Waals surface area contributed by atoms with E-state index in [9.17, 15) is 9.59 Å². The van der Waals surface area contributed by atoms with E-state index in [0.29, 0.717) is 26.2 Å². The molecule has 1 aromatic rings. The molecule has 0 bridgehead atoms. The molecule has 4 heterocycles. The molecule has 3 amide bonds. The van der Waals surface area contributed by atoms with Crippen molar-refractivity contribution in [1.82, 2.24) is 19.8 Å². The summed E-state index contributed by atoms with van der Waals surface area (Å²) in [6.45, 7) is 1.52. The van der Waals surface area contributed by atoms with Gasteiger partial charge in [-0.15, -0.1) is 0 Å². The number of amides is 3. The van der Waals surface area contributed by atoms with Gasteiger partial charge in [-0.2, -0.15) is 0 Å². The van der Waals surface area contributed by atoms with Gasteiger partial charge >= 0.3 is 6.03 Å². The Balaban J connectivity index is 1.66. The molecule has 0 aliphatic carbocycles. The van der Waals surface area contributed by atoms with Crippen molar-refractivity contribution in [3.05, 3.63) is 17.7 Å². The van der Waals surface area contributed by atoms with Gasteiger partial charge in [-0.05, 0) is 6.42 Å². The summed E-state index contributed by atoms with van der Waals surface area (Å²) < 4.78 is 5.28. The average molecular weight is 262 g/mol. The molecule has 3 aliphatic heterocycles. The number of hydrogen-bond donors (Lipinski definition) is 1. The first kappa shape index (κ1) is 11.0. The van der Waals surface area contributed by atoms with Gasteiger partial charge in [0.1, 0.15) is 6.04 Å². The minimum Gasteiger partial charge on any atom is -0.379 e. The molecule has 1 N–H and O–H groups in total. The summed E-state index contributed by atoms with van der Waals surface area (Å²) in [5.41, 5.74) is 1.83. The Morgan fingerprint density at radius 3 is 3.11 bits per heavy atom. The molecule has 2 fully saturated rings. The number of imidazole rings is 1. The van der Waals surface area contributed by atoms with E-state index in [1.54, 1.807) is 11.2 Å². The summed E-state index contributed by atoms with van der Waals surface area (Å²) in [7, 11) is 0. The molecule has 4 rings (SSSR count). The number of urea groups is 1. The summed E-state index contributed by atoms with van der Waals surface area (Å²) in [5, 5.41) is 0. The van der Waals surface area contributed by atoms with Crippen LogP contribution in [0.15, 0.2) is 6.33 Å². The largest absolute Gasteiger partial charge is 0.379 e. The van der Waals surface area contributed by atoms with Crippen molar-refractivity contribution in [2.45, 2.75) is 31.5 Å². The third kappa shape index (κ3) is 1.45. The minimum absolute atomic E-state index is 0.100. The molecule has 19 heavy (non-hydrogen) atoms. The van der Waals surface area contributed by atoms with Crippen molar-refractivity contribution < 1.29 is 14.3 Å². The average Bonchev–Trinajstić information content (AvgIpc) is 3.10. The summed E-state index contributed by atoms with van der Waals surface area (Å²) in [6, 6.07) is -0.674. The summed E-state index contributed by atoms with van der Waals surface area (Å²) in [4.78, 5) is 35.1. The van der Waals surface area contributed by atoms with Crippen LogP contribution in [-0.4, -0.2) is 57.0 Å². The van der Waals surface area contributed by atoms with Gasteiger partial charge in [0, 0.05) is 13.0 Å². The Morgan fingerprint density at radius 1 is 1.42 bits per heavy atom. The van der Waals surface area contributed by atoms with Crippen LogP contribution < -0.4 is 0 Å². The van der Waals surface area contributed by atoms with E-state index in [0.717, 1.165) is 17.8 Å². The van der Waals surface area contributed by atoms with Gasteiger partial charge in [0.25, 0.3) is 5.91 Å². The Morgan fingerprint density at radius 2 is 2.32 bits per heavy atom. The van der Waals surface area contributed by atoms with E-state index in [-0.39, 0.29) is 24.0 Å². The number of hydrogen-bond acceptors (Lipinski definition) is 4. The molecule has 0 aromatic carbocycles. The van der Waals surface area contributed by atoms with E-state index >= 15 is 0 Å². The molecule has 7 nitrogen and oxygen atoms in total. The van der Waals surface area contributed by atoms with E-state index in [4.69, 9.17) is 4.74 Å². The van der Waals surface area contributed by atoms with Crippen LogP contribution in [0.1, 0.15) is 17.8 Å². The van der Waals surface area contributed by atoms with Crippen molar-refractivity contribution in [3.63, 3.8) is 0 Å². The van der Waals surface area contributed by atoms with Crippen molar-refractivity contribution in [2.24, 2.45) is 0 Å². The lowest BCUT2D eigenvalue weighted by Gasteiger charge is -2.25. The molecule has 100 valence electrons. The van der Waals surface area contributed by atoms with Crippen LogP contribution in [0.2, 0.25) is 0 Å². The highest BCUT2D eigenvalue weighted by molar-refractivity contribution is 6.04. The van der Waals surface area contributed by atoms with Crippen LogP contribution in [0.5, 0.6) is 0 Å². The second-order valence-electron chi connectivity index (χ2n) is 5.18. The van der Waals surface area contributed by atoms with Gasteiger partial charge in [0.2, 0.25) is 0 Å². The van der Waals surface area contributed by atoms with Gasteiger partial charge in [-0.3, -0.25) is 9.69 Å². The Labute approximate surface area is 109 Å². The normalized spacial score (nSPS) is 29.9. The number of H-pyrrole nitrogens is 1. The zero-order valence-electron chi connectivity index (χ0n) is 10.3. The number of carbonyl (C=O) groups is 2. The summed E-state index contributed by atoms with van der Waals surface area (Å²) in [6.07, 6.45) is 2.86. The first-order valence-electron chi connectivity index (χ1n) is 6.48. The topological polar surface area (TPSA) is 78.5 Å². The molecule has 0 radical (unpaired) electrons. The van der Waals surface area contributed by atoms with Crippen molar-refractivity contribution in [1.29, 1.82) is 0 Å². The Hall–Kier alpha value is -1.89. The number of carbonyl (C=O) groups excluding carboxylic acids is 2. The monoisotopic (exact) mass is 262 g/mol. The van der Waals surface area contributed by atoms with Gasteiger partial charge in [0.15, 0.2) is 0 Å². The van der Waals surface area contributed by atoms with Gasteiger partial charge in [-0.1, -0.05) is 0 Å². The summed E-state index contributed by atoms with van der Waals surface area (Å²) >= 11 is 0. The zero-order chi connectivity index (χ0) is 13.0. The molecule has 7 heteroatoms. The van der Waals surface area contributed by atoms with Gasteiger partial charge in [0.05, 0.1) is 36.9 Å². The number of rotatable bonds is 1. The van der Waals surface area contributed by atoms with E-state index in [1.165, 1.54) is 4.90 Å². The summed E-state index contributed by atoms with van der Waals surface area (Å²) in [5.74, 6) is -0.103. The van der Waals surface area contributed by atoms with Crippen LogP contribution in [0.4, 0.5) is 4.79 Å². The molecular formula is C12H14N4O3. The smallest absolute Gasteiger partial charge is 0.328 e. The molecule has 1 aromatic heterocycles. The predicted octanol–water partition coefficient (Wildman–Crippen LogP) is -0.113. The molecule has 3 aliphatic rings. The van der Waals surface area contributed by atoms with Crippen LogP contribution >= 0.6 is 0 Å². The SMILES string of the molecule is O=C1C2Cc3nc[nH]c3CN2C(=O)N1C1CCOC1.